The molecule has 114 valence electrons. The normalized spacial score (nSPS) is 15.2. The molecule has 0 atom stereocenters. The number of rotatable bonds is 2. The lowest BCUT2D eigenvalue weighted by atomic mass is 9.73. The van der Waals surface area contributed by atoms with Crippen molar-refractivity contribution >= 4 is 28.9 Å². The van der Waals surface area contributed by atoms with Crippen LogP contribution in [-0.2, 0) is 10.2 Å². The van der Waals surface area contributed by atoms with Gasteiger partial charge in [0, 0.05) is 22.4 Å². The summed E-state index contributed by atoms with van der Waals surface area (Å²) in [5.74, 6) is 0.119. The monoisotopic (exact) mass is 313 g/mol. The number of carbonyl (C=O) groups excluding carboxylic acids is 1. The van der Waals surface area contributed by atoms with Crippen molar-refractivity contribution in [2.75, 3.05) is 4.90 Å². The molecule has 1 amide bonds. The van der Waals surface area contributed by atoms with E-state index in [1.54, 1.807) is 0 Å². The van der Waals surface area contributed by atoms with Gasteiger partial charge in [0.2, 0.25) is 5.91 Å². The molecule has 0 saturated carbocycles. The lowest BCUT2D eigenvalue weighted by Crippen LogP contribution is -2.36. The summed E-state index contributed by atoms with van der Waals surface area (Å²) in [5.41, 5.74) is 3.82. The second-order valence-corrected chi connectivity index (χ2v) is 6.66. The van der Waals surface area contributed by atoms with Gasteiger partial charge in [-0.2, -0.15) is 0 Å². The Morgan fingerprint density at radius 2 is 1.77 bits per heavy atom. The quantitative estimate of drug-likeness (QED) is 0.722. The van der Waals surface area contributed by atoms with Gasteiger partial charge in [0.15, 0.2) is 0 Å². The summed E-state index contributed by atoms with van der Waals surface area (Å²) in [4.78, 5) is 14.6. The number of amides is 1. The number of anilines is 2. The molecule has 22 heavy (non-hydrogen) atoms. The second kappa shape index (κ2) is 5.44. The van der Waals surface area contributed by atoms with E-state index in [1.807, 2.05) is 48.2 Å². The number of benzene rings is 2. The van der Waals surface area contributed by atoms with Crippen LogP contribution in [0.3, 0.4) is 0 Å². The molecule has 1 heterocycles. The average Bonchev–Trinajstić information content (AvgIpc) is 2.47. The molecule has 2 aromatic rings. The summed E-state index contributed by atoms with van der Waals surface area (Å²) in [6, 6.07) is 13.9. The third-order valence-corrected chi connectivity index (χ3v) is 4.70. The molecule has 0 spiro atoms. The van der Waals surface area contributed by atoms with E-state index in [9.17, 15) is 4.79 Å². The van der Waals surface area contributed by atoms with Gasteiger partial charge in [0.1, 0.15) is 0 Å². The number of hydrogen-bond donors (Lipinski definition) is 0. The molecule has 1 aliphatic rings. The molecular formula is C19H20ClNO. The number of halogens is 1. The lowest BCUT2D eigenvalue weighted by Gasteiger charge is -2.41. The van der Waals surface area contributed by atoms with Gasteiger partial charge in [0.25, 0.3) is 0 Å². The van der Waals surface area contributed by atoms with Crippen LogP contribution in [0.4, 0.5) is 11.4 Å². The number of nitrogens with zero attached hydrogens (tertiary/aromatic N) is 1. The minimum Gasteiger partial charge on any atom is -0.280 e. The molecule has 0 fully saturated rings. The standard InChI is InChI=1S/C19H20ClNO/c1-4-8-17(22)21-15-11-6-5-9-13(15)19(2,3)18-14(20)10-7-12-16(18)21/h5-7,9-12H,4,8H2,1-3H3. The fourth-order valence-corrected chi connectivity index (χ4v) is 3.78. The maximum atomic E-state index is 12.7. The van der Waals surface area contributed by atoms with Crippen LogP contribution in [0.15, 0.2) is 42.5 Å². The van der Waals surface area contributed by atoms with E-state index < -0.39 is 0 Å². The molecule has 0 radical (unpaired) electrons. The summed E-state index contributed by atoms with van der Waals surface area (Å²) in [7, 11) is 0. The van der Waals surface area contributed by atoms with Crippen molar-refractivity contribution < 1.29 is 4.79 Å². The molecule has 0 saturated heterocycles. The number of para-hydroxylation sites is 1. The number of carbonyl (C=O) groups is 1. The SMILES string of the molecule is CCCC(=O)N1c2ccccc2C(C)(C)c2c(Cl)cccc21. The Kier molecular flexibility index (Phi) is 3.73. The Hall–Kier alpha value is -1.80. The van der Waals surface area contributed by atoms with Crippen molar-refractivity contribution in [3.8, 4) is 0 Å². The van der Waals surface area contributed by atoms with Crippen molar-refractivity contribution in [3.05, 3.63) is 58.6 Å². The minimum atomic E-state index is -0.229. The number of fused-ring (bicyclic) bond motifs is 2. The van der Waals surface area contributed by atoms with Crippen molar-refractivity contribution in [2.24, 2.45) is 0 Å². The second-order valence-electron chi connectivity index (χ2n) is 6.26. The summed E-state index contributed by atoms with van der Waals surface area (Å²) in [6.07, 6.45) is 1.36. The molecule has 2 nitrogen and oxygen atoms in total. The molecule has 0 unspecified atom stereocenters. The van der Waals surface area contributed by atoms with Gasteiger partial charge < -0.3 is 0 Å². The van der Waals surface area contributed by atoms with Gasteiger partial charge in [0.05, 0.1) is 11.4 Å². The van der Waals surface area contributed by atoms with Crippen molar-refractivity contribution in [3.63, 3.8) is 0 Å². The topological polar surface area (TPSA) is 20.3 Å². The van der Waals surface area contributed by atoms with Crippen molar-refractivity contribution in [1.82, 2.24) is 0 Å². The first-order valence-corrected chi connectivity index (χ1v) is 8.07. The summed E-state index contributed by atoms with van der Waals surface area (Å²) >= 11 is 6.50. The minimum absolute atomic E-state index is 0.119. The van der Waals surface area contributed by atoms with E-state index in [0.29, 0.717) is 11.4 Å². The molecule has 0 aromatic heterocycles. The predicted octanol–water partition coefficient (Wildman–Crippen LogP) is 5.44. The van der Waals surface area contributed by atoms with E-state index in [4.69, 9.17) is 11.6 Å². The molecule has 0 N–H and O–H groups in total. The van der Waals surface area contributed by atoms with Gasteiger partial charge >= 0.3 is 0 Å². The first kappa shape index (κ1) is 15.1. The highest BCUT2D eigenvalue weighted by atomic mass is 35.5. The van der Waals surface area contributed by atoms with Gasteiger partial charge in [-0.05, 0) is 30.2 Å². The molecule has 1 aliphatic heterocycles. The molecule has 0 aliphatic carbocycles. The Bertz CT molecular complexity index is 736. The zero-order chi connectivity index (χ0) is 15.9. The molecule has 0 bridgehead atoms. The predicted molar refractivity (Wildman–Crippen MR) is 92.1 cm³/mol. The zero-order valence-electron chi connectivity index (χ0n) is 13.2. The summed E-state index contributed by atoms with van der Waals surface area (Å²) in [6.45, 7) is 6.35. The van der Waals surface area contributed by atoms with Crippen molar-refractivity contribution in [2.45, 2.75) is 39.0 Å². The first-order chi connectivity index (χ1) is 10.5. The molecule has 2 aromatic carbocycles. The highest BCUT2D eigenvalue weighted by Gasteiger charge is 2.39. The van der Waals surface area contributed by atoms with Crippen LogP contribution >= 0.6 is 11.6 Å². The van der Waals surface area contributed by atoms with Crippen LogP contribution in [0.2, 0.25) is 5.02 Å². The third kappa shape index (κ3) is 2.14. The number of hydrogen-bond acceptors (Lipinski definition) is 1. The van der Waals surface area contributed by atoms with Crippen LogP contribution in [-0.4, -0.2) is 5.91 Å². The average molecular weight is 314 g/mol. The van der Waals surface area contributed by atoms with Crippen LogP contribution in [0.5, 0.6) is 0 Å². The Morgan fingerprint density at radius 3 is 2.50 bits per heavy atom. The lowest BCUT2D eigenvalue weighted by molar-refractivity contribution is -0.117. The van der Waals surface area contributed by atoms with E-state index >= 15 is 0 Å². The van der Waals surface area contributed by atoms with Crippen LogP contribution < -0.4 is 4.90 Å². The molecule has 3 rings (SSSR count). The fraction of sp³-hybridized carbons (Fsp3) is 0.316. The highest BCUT2D eigenvalue weighted by molar-refractivity contribution is 6.32. The van der Waals surface area contributed by atoms with Crippen LogP contribution in [0, 0.1) is 0 Å². The zero-order valence-corrected chi connectivity index (χ0v) is 13.9. The van der Waals surface area contributed by atoms with E-state index in [0.717, 1.165) is 28.9 Å². The Labute approximate surface area is 136 Å². The van der Waals surface area contributed by atoms with Gasteiger partial charge in [-0.25, -0.2) is 0 Å². The van der Waals surface area contributed by atoms with Crippen LogP contribution in [0.25, 0.3) is 0 Å². The smallest absolute Gasteiger partial charge is 0.231 e. The van der Waals surface area contributed by atoms with E-state index in [2.05, 4.69) is 19.9 Å². The van der Waals surface area contributed by atoms with E-state index in [1.165, 1.54) is 0 Å². The maximum Gasteiger partial charge on any atom is 0.231 e. The summed E-state index contributed by atoms with van der Waals surface area (Å²) in [5, 5.41) is 0.714. The largest absolute Gasteiger partial charge is 0.280 e. The fourth-order valence-electron chi connectivity index (χ4n) is 3.37. The van der Waals surface area contributed by atoms with Gasteiger partial charge in [-0.3, -0.25) is 9.69 Å². The maximum absolute atomic E-state index is 12.7. The third-order valence-electron chi connectivity index (χ3n) is 4.39. The first-order valence-electron chi connectivity index (χ1n) is 7.70. The Balaban J connectivity index is 2.31. The summed E-state index contributed by atoms with van der Waals surface area (Å²) < 4.78 is 0. The molecule has 3 heteroatoms. The molecular weight excluding hydrogens is 294 g/mol. The van der Waals surface area contributed by atoms with Gasteiger partial charge in [-0.15, -0.1) is 0 Å². The van der Waals surface area contributed by atoms with E-state index in [-0.39, 0.29) is 11.3 Å². The van der Waals surface area contributed by atoms with Crippen LogP contribution in [0.1, 0.15) is 44.7 Å². The van der Waals surface area contributed by atoms with Crippen molar-refractivity contribution in [1.29, 1.82) is 0 Å². The Morgan fingerprint density at radius 1 is 1.09 bits per heavy atom. The van der Waals surface area contributed by atoms with Gasteiger partial charge in [-0.1, -0.05) is 56.6 Å². The highest BCUT2D eigenvalue weighted by Crippen LogP contribution is 2.51.